The third kappa shape index (κ3) is 5.33. The molecule has 0 saturated carbocycles. The molecule has 0 spiro atoms. The van der Waals surface area contributed by atoms with Gasteiger partial charge in [0.05, 0.1) is 12.4 Å². The van der Waals surface area contributed by atoms with Gasteiger partial charge in [-0.1, -0.05) is 27.2 Å². The molecule has 5 nitrogen and oxygen atoms in total. The third-order valence-electron chi connectivity index (χ3n) is 3.37. The predicted octanol–water partition coefficient (Wildman–Crippen LogP) is 2.98. The number of hydrogen-bond donors (Lipinski definition) is 0. The lowest BCUT2D eigenvalue weighted by atomic mass is 10.3. The van der Waals surface area contributed by atoms with Crippen LogP contribution in [0.3, 0.4) is 0 Å². The van der Waals surface area contributed by atoms with Gasteiger partial charge >= 0.3 is 0 Å². The fourth-order valence-corrected chi connectivity index (χ4v) is 2.16. The van der Waals surface area contributed by atoms with E-state index >= 15 is 0 Å². The highest BCUT2D eigenvalue weighted by Crippen LogP contribution is 2.10. The molecule has 0 aromatic carbocycles. The quantitative estimate of drug-likeness (QED) is 0.702. The SMILES string of the molecule is CCCCN(C)c1cnc(C(=O)N(CCC)CCC)cn1. The van der Waals surface area contributed by atoms with E-state index < -0.39 is 0 Å². The summed E-state index contributed by atoms with van der Waals surface area (Å²) >= 11 is 0. The minimum atomic E-state index is -0.0195. The van der Waals surface area contributed by atoms with Gasteiger partial charge in [-0.15, -0.1) is 0 Å². The standard InChI is InChI=1S/C16H28N4O/c1-5-8-11-19(4)15-13-17-14(12-18-15)16(21)20(9-6-2)10-7-3/h12-13H,5-11H2,1-4H3. The second-order valence-electron chi connectivity index (χ2n) is 5.33. The summed E-state index contributed by atoms with van der Waals surface area (Å²) in [6.45, 7) is 8.81. The van der Waals surface area contributed by atoms with Gasteiger partial charge in [0.15, 0.2) is 0 Å². The zero-order valence-electron chi connectivity index (χ0n) is 13.8. The Morgan fingerprint density at radius 1 is 1.00 bits per heavy atom. The number of hydrogen-bond acceptors (Lipinski definition) is 4. The molecule has 0 aliphatic rings. The van der Waals surface area contributed by atoms with E-state index in [0.29, 0.717) is 5.69 Å². The molecular weight excluding hydrogens is 264 g/mol. The predicted molar refractivity (Wildman–Crippen MR) is 86.7 cm³/mol. The molecule has 0 saturated heterocycles. The van der Waals surface area contributed by atoms with E-state index in [4.69, 9.17) is 0 Å². The molecule has 0 fully saturated rings. The number of carbonyl (C=O) groups excluding carboxylic acids is 1. The van der Waals surface area contributed by atoms with Gasteiger partial charge in [0.1, 0.15) is 11.5 Å². The minimum absolute atomic E-state index is 0.0195. The molecule has 0 bridgehead atoms. The zero-order valence-corrected chi connectivity index (χ0v) is 13.8. The summed E-state index contributed by atoms with van der Waals surface area (Å²) in [4.78, 5) is 25.0. The Hall–Kier alpha value is -1.65. The number of aromatic nitrogens is 2. The number of unbranched alkanes of at least 4 members (excludes halogenated alkanes) is 1. The molecule has 0 unspecified atom stereocenters. The van der Waals surface area contributed by atoms with Crippen LogP contribution in [0, 0.1) is 0 Å². The Kier molecular flexibility index (Phi) is 7.72. The van der Waals surface area contributed by atoms with Gasteiger partial charge < -0.3 is 9.80 Å². The van der Waals surface area contributed by atoms with E-state index in [1.54, 1.807) is 12.4 Å². The van der Waals surface area contributed by atoms with E-state index in [0.717, 1.165) is 51.1 Å². The van der Waals surface area contributed by atoms with Crippen molar-refractivity contribution in [2.24, 2.45) is 0 Å². The van der Waals surface area contributed by atoms with E-state index in [-0.39, 0.29) is 5.91 Å². The first-order valence-corrected chi connectivity index (χ1v) is 7.96. The number of nitrogens with zero attached hydrogens (tertiary/aromatic N) is 4. The first-order valence-electron chi connectivity index (χ1n) is 7.96. The summed E-state index contributed by atoms with van der Waals surface area (Å²) in [5, 5.41) is 0. The smallest absolute Gasteiger partial charge is 0.274 e. The van der Waals surface area contributed by atoms with Crippen molar-refractivity contribution in [1.82, 2.24) is 14.9 Å². The highest BCUT2D eigenvalue weighted by Gasteiger charge is 2.16. The Balaban J connectivity index is 2.73. The van der Waals surface area contributed by atoms with Crippen LogP contribution in [0.25, 0.3) is 0 Å². The maximum atomic E-state index is 12.4. The Labute approximate surface area is 128 Å². The summed E-state index contributed by atoms with van der Waals surface area (Å²) < 4.78 is 0. The van der Waals surface area contributed by atoms with Crippen molar-refractivity contribution in [3.8, 4) is 0 Å². The van der Waals surface area contributed by atoms with Crippen LogP contribution in [0.4, 0.5) is 5.82 Å². The van der Waals surface area contributed by atoms with Crippen molar-refractivity contribution in [3.63, 3.8) is 0 Å². The van der Waals surface area contributed by atoms with Gasteiger partial charge in [-0.05, 0) is 19.3 Å². The average molecular weight is 292 g/mol. The zero-order chi connectivity index (χ0) is 15.7. The number of anilines is 1. The Bertz CT molecular complexity index is 413. The monoisotopic (exact) mass is 292 g/mol. The molecule has 1 rings (SSSR count). The highest BCUT2D eigenvalue weighted by atomic mass is 16.2. The topological polar surface area (TPSA) is 49.3 Å². The van der Waals surface area contributed by atoms with Crippen molar-refractivity contribution >= 4 is 11.7 Å². The molecule has 5 heteroatoms. The molecule has 0 radical (unpaired) electrons. The van der Waals surface area contributed by atoms with E-state index in [1.807, 2.05) is 11.9 Å². The lowest BCUT2D eigenvalue weighted by Crippen LogP contribution is -2.33. The lowest BCUT2D eigenvalue weighted by molar-refractivity contribution is 0.0749. The molecule has 118 valence electrons. The minimum Gasteiger partial charge on any atom is -0.358 e. The van der Waals surface area contributed by atoms with Crippen LogP contribution in [0.5, 0.6) is 0 Å². The third-order valence-corrected chi connectivity index (χ3v) is 3.37. The number of rotatable bonds is 9. The van der Waals surface area contributed by atoms with Crippen LogP contribution >= 0.6 is 0 Å². The largest absolute Gasteiger partial charge is 0.358 e. The number of carbonyl (C=O) groups is 1. The fraction of sp³-hybridized carbons (Fsp3) is 0.688. The van der Waals surface area contributed by atoms with Crippen molar-refractivity contribution in [3.05, 3.63) is 18.1 Å². The molecule has 1 heterocycles. The summed E-state index contributed by atoms with van der Waals surface area (Å²) in [5.41, 5.74) is 0.435. The molecule has 1 aromatic heterocycles. The van der Waals surface area contributed by atoms with E-state index in [9.17, 15) is 4.79 Å². The molecule has 0 aliphatic carbocycles. The van der Waals surface area contributed by atoms with Gasteiger partial charge in [0.25, 0.3) is 5.91 Å². The molecule has 0 atom stereocenters. The lowest BCUT2D eigenvalue weighted by Gasteiger charge is -2.21. The molecule has 21 heavy (non-hydrogen) atoms. The van der Waals surface area contributed by atoms with Gasteiger partial charge in [-0.25, -0.2) is 9.97 Å². The molecular formula is C16H28N4O. The van der Waals surface area contributed by atoms with Crippen LogP contribution in [-0.2, 0) is 0 Å². The molecule has 1 amide bonds. The summed E-state index contributed by atoms with van der Waals surface area (Å²) in [7, 11) is 2.00. The van der Waals surface area contributed by atoms with Crippen LogP contribution in [-0.4, -0.2) is 47.5 Å². The van der Waals surface area contributed by atoms with Crippen LogP contribution in [0.1, 0.15) is 56.9 Å². The maximum Gasteiger partial charge on any atom is 0.274 e. The van der Waals surface area contributed by atoms with E-state index in [2.05, 4.69) is 35.6 Å². The van der Waals surface area contributed by atoms with Gasteiger partial charge in [-0.2, -0.15) is 0 Å². The second-order valence-corrected chi connectivity index (χ2v) is 5.33. The summed E-state index contributed by atoms with van der Waals surface area (Å²) in [6.07, 6.45) is 7.47. The van der Waals surface area contributed by atoms with Crippen LogP contribution in [0.15, 0.2) is 12.4 Å². The van der Waals surface area contributed by atoms with Crippen molar-refractivity contribution in [2.45, 2.75) is 46.5 Å². The van der Waals surface area contributed by atoms with E-state index in [1.165, 1.54) is 0 Å². The average Bonchev–Trinajstić information content (AvgIpc) is 2.52. The normalized spacial score (nSPS) is 10.5. The van der Waals surface area contributed by atoms with Gasteiger partial charge in [0.2, 0.25) is 0 Å². The van der Waals surface area contributed by atoms with Crippen molar-refractivity contribution in [1.29, 1.82) is 0 Å². The summed E-state index contributed by atoms with van der Waals surface area (Å²) in [5.74, 6) is 0.798. The maximum absolute atomic E-state index is 12.4. The molecule has 1 aromatic rings. The van der Waals surface area contributed by atoms with Gasteiger partial charge in [0, 0.05) is 26.7 Å². The highest BCUT2D eigenvalue weighted by molar-refractivity contribution is 5.92. The Morgan fingerprint density at radius 3 is 2.14 bits per heavy atom. The summed E-state index contributed by atoms with van der Waals surface area (Å²) in [6, 6.07) is 0. The van der Waals surface area contributed by atoms with Crippen molar-refractivity contribution < 1.29 is 4.79 Å². The van der Waals surface area contributed by atoms with Crippen LogP contribution in [0.2, 0.25) is 0 Å². The number of amides is 1. The molecule has 0 N–H and O–H groups in total. The first kappa shape index (κ1) is 17.4. The Morgan fingerprint density at radius 2 is 1.67 bits per heavy atom. The van der Waals surface area contributed by atoms with Gasteiger partial charge in [-0.3, -0.25) is 4.79 Å². The van der Waals surface area contributed by atoms with Crippen molar-refractivity contribution in [2.75, 3.05) is 31.6 Å². The second kappa shape index (κ2) is 9.32. The van der Waals surface area contributed by atoms with Crippen LogP contribution < -0.4 is 4.90 Å². The first-order chi connectivity index (χ1) is 10.1. The molecule has 0 aliphatic heterocycles. The fourth-order valence-electron chi connectivity index (χ4n) is 2.16.